The monoisotopic (exact) mass is 393 g/mol. The fraction of sp³-hybridized carbons (Fsp3) is 0. The molecule has 0 saturated heterocycles. The van der Waals surface area contributed by atoms with E-state index < -0.39 is 0 Å². The third-order valence-electron chi connectivity index (χ3n) is 4.01. The summed E-state index contributed by atoms with van der Waals surface area (Å²) in [4.78, 5) is 21.6. The van der Waals surface area contributed by atoms with E-state index in [0.29, 0.717) is 5.56 Å². The van der Waals surface area contributed by atoms with Crippen LogP contribution in [-0.2, 0) is 0 Å². The van der Waals surface area contributed by atoms with Gasteiger partial charge in [0.2, 0.25) is 0 Å². The Morgan fingerprint density at radius 1 is 0.962 bits per heavy atom. The van der Waals surface area contributed by atoms with E-state index in [0.717, 1.165) is 36.0 Å². The second-order valence-electron chi connectivity index (χ2n) is 5.64. The average Bonchev–Trinajstić information content (AvgIpc) is 3.39. The van der Waals surface area contributed by atoms with Crippen LogP contribution in [0.1, 0.15) is 10.4 Å². The molecule has 0 aliphatic heterocycles. The van der Waals surface area contributed by atoms with Gasteiger partial charge in [0.15, 0.2) is 0 Å². The Balaban J connectivity index is 1.47. The number of anilines is 1. The standard InChI is InChI=1S/C19H11N3OS3/c23-17(11-5-6-13-16(9-11)25-10-20-13)22-18-12(7-8-24-18)19-21-14-3-1-2-4-15(14)26-19/h1-10H,(H,22,23). The van der Waals surface area contributed by atoms with Crippen LogP contribution in [0.2, 0.25) is 0 Å². The molecule has 0 atom stereocenters. The van der Waals surface area contributed by atoms with Crippen molar-refractivity contribution in [1.29, 1.82) is 0 Å². The molecule has 3 aromatic heterocycles. The molecule has 2 aromatic carbocycles. The van der Waals surface area contributed by atoms with Crippen molar-refractivity contribution in [1.82, 2.24) is 9.97 Å². The Labute approximate surface area is 160 Å². The lowest BCUT2D eigenvalue weighted by molar-refractivity contribution is 0.102. The Morgan fingerprint density at radius 2 is 1.88 bits per heavy atom. The van der Waals surface area contributed by atoms with Crippen molar-refractivity contribution in [3.05, 3.63) is 65.0 Å². The maximum absolute atomic E-state index is 12.7. The maximum Gasteiger partial charge on any atom is 0.256 e. The average molecular weight is 394 g/mol. The predicted molar refractivity (Wildman–Crippen MR) is 111 cm³/mol. The number of hydrogen-bond donors (Lipinski definition) is 1. The van der Waals surface area contributed by atoms with Crippen LogP contribution in [-0.4, -0.2) is 15.9 Å². The Morgan fingerprint density at radius 3 is 2.81 bits per heavy atom. The highest BCUT2D eigenvalue weighted by Crippen LogP contribution is 2.38. The minimum Gasteiger partial charge on any atom is -0.313 e. The summed E-state index contributed by atoms with van der Waals surface area (Å²) in [5.74, 6) is -0.120. The molecule has 0 aliphatic carbocycles. The van der Waals surface area contributed by atoms with E-state index in [4.69, 9.17) is 4.98 Å². The predicted octanol–water partition coefficient (Wildman–Crippen LogP) is 5.89. The molecule has 0 bridgehead atoms. The molecule has 126 valence electrons. The van der Waals surface area contributed by atoms with Gasteiger partial charge in [0.1, 0.15) is 10.0 Å². The summed E-state index contributed by atoms with van der Waals surface area (Å²) in [5.41, 5.74) is 5.27. The van der Waals surface area contributed by atoms with Crippen molar-refractivity contribution in [2.75, 3.05) is 5.32 Å². The first-order valence-electron chi connectivity index (χ1n) is 7.86. The molecule has 5 rings (SSSR count). The topological polar surface area (TPSA) is 54.9 Å². The highest BCUT2D eigenvalue weighted by molar-refractivity contribution is 7.22. The van der Waals surface area contributed by atoms with Crippen molar-refractivity contribution in [3.8, 4) is 10.6 Å². The molecule has 1 amide bonds. The molecule has 0 saturated carbocycles. The minimum atomic E-state index is -0.120. The molecule has 0 spiro atoms. The van der Waals surface area contributed by atoms with E-state index in [2.05, 4.69) is 16.4 Å². The Hall–Kier alpha value is -2.61. The minimum absolute atomic E-state index is 0.120. The first-order valence-corrected chi connectivity index (χ1v) is 10.4. The SMILES string of the molecule is O=C(Nc1sccc1-c1nc2ccccc2s1)c1ccc2ncsc2c1. The molecule has 5 aromatic rings. The summed E-state index contributed by atoms with van der Waals surface area (Å²) >= 11 is 4.67. The summed E-state index contributed by atoms with van der Waals surface area (Å²) < 4.78 is 2.15. The zero-order chi connectivity index (χ0) is 17.5. The largest absolute Gasteiger partial charge is 0.313 e. The van der Waals surface area contributed by atoms with E-state index in [9.17, 15) is 4.79 Å². The van der Waals surface area contributed by atoms with Crippen LogP contribution in [0, 0.1) is 0 Å². The van der Waals surface area contributed by atoms with E-state index in [1.165, 1.54) is 22.7 Å². The zero-order valence-corrected chi connectivity index (χ0v) is 15.8. The number of thiophene rings is 1. The molecular formula is C19H11N3OS3. The molecule has 0 radical (unpaired) electrons. The van der Waals surface area contributed by atoms with Gasteiger partial charge in [0.25, 0.3) is 5.91 Å². The number of amides is 1. The highest BCUT2D eigenvalue weighted by Gasteiger charge is 2.15. The Kier molecular flexibility index (Phi) is 3.77. The number of carbonyl (C=O) groups excluding carboxylic acids is 1. The zero-order valence-electron chi connectivity index (χ0n) is 13.3. The normalized spacial score (nSPS) is 11.2. The lowest BCUT2D eigenvalue weighted by Crippen LogP contribution is -2.11. The van der Waals surface area contributed by atoms with Crippen molar-refractivity contribution in [2.45, 2.75) is 0 Å². The van der Waals surface area contributed by atoms with Crippen LogP contribution in [0.5, 0.6) is 0 Å². The summed E-state index contributed by atoms with van der Waals surface area (Å²) in [6.07, 6.45) is 0. The Bertz CT molecular complexity index is 1220. The molecule has 0 unspecified atom stereocenters. The number of rotatable bonds is 3. The van der Waals surface area contributed by atoms with Gasteiger partial charge in [0.05, 0.1) is 25.9 Å². The fourth-order valence-corrected chi connectivity index (χ4v) is 5.30. The summed E-state index contributed by atoms with van der Waals surface area (Å²) in [6.45, 7) is 0. The third-order valence-corrected chi connectivity index (χ3v) is 6.70. The van der Waals surface area contributed by atoms with Gasteiger partial charge in [-0.05, 0) is 41.8 Å². The van der Waals surface area contributed by atoms with Crippen molar-refractivity contribution >= 4 is 65.4 Å². The van der Waals surface area contributed by atoms with Gasteiger partial charge in [0, 0.05) is 11.1 Å². The first-order chi connectivity index (χ1) is 12.8. The molecular weight excluding hydrogens is 382 g/mol. The lowest BCUT2D eigenvalue weighted by Gasteiger charge is -2.05. The van der Waals surface area contributed by atoms with Crippen molar-refractivity contribution in [2.24, 2.45) is 0 Å². The number of para-hydroxylation sites is 1. The van der Waals surface area contributed by atoms with E-state index >= 15 is 0 Å². The van der Waals surface area contributed by atoms with Gasteiger partial charge < -0.3 is 5.32 Å². The van der Waals surface area contributed by atoms with Crippen LogP contribution >= 0.6 is 34.0 Å². The molecule has 1 N–H and O–H groups in total. The number of carbonyl (C=O) groups is 1. The second-order valence-corrected chi connectivity index (χ2v) is 8.47. The number of aromatic nitrogens is 2. The smallest absolute Gasteiger partial charge is 0.256 e. The number of thiazole rings is 2. The molecule has 4 nitrogen and oxygen atoms in total. The fourth-order valence-electron chi connectivity index (χ4n) is 2.73. The highest BCUT2D eigenvalue weighted by atomic mass is 32.1. The lowest BCUT2D eigenvalue weighted by atomic mass is 10.2. The number of nitrogens with one attached hydrogen (secondary N) is 1. The molecule has 7 heteroatoms. The van der Waals surface area contributed by atoms with Crippen LogP contribution in [0.15, 0.2) is 59.4 Å². The van der Waals surface area contributed by atoms with E-state index in [-0.39, 0.29) is 5.91 Å². The van der Waals surface area contributed by atoms with E-state index in [1.54, 1.807) is 16.8 Å². The maximum atomic E-state index is 12.7. The van der Waals surface area contributed by atoms with Gasteiger partial charge in [-0.3, -0.25) is 4.79 Å². The van der Waals surface area contributed by atoms with E-state index in [1.807, 2.05) is 47.8 Å². The summed E-state index contributed by atoms with van der Waals surface area (Å²) in [7, 11) is 0. The molecule has 0 fully saturated rings. The van der Waals surface area contributed by atoms with Crippen LogP contribution in [0.3, 0.4) is 0 Å². The van der Waals surface area contributed by atoms with Gasteiger partial charge in [-0.1, -0.05) is 12.1 Å². The number of hydrogen-bond acceptors (Lipinski definition) is 6. The van der Waals surface area contributed by atoms with Crippen LogP contribution in [0.4, 0.5) is 5.00 Å². The van der Waals surface area contributed by atoms with Gasteiger partial charge in [-0.25, -0.2) is 9.97 Å². The molecule has 0 aliphatic rings. The molecule has 26 heavy (non-hydrogen) atoms. The van der Waals surface area contributed by atoms with Crippen molar-refractivity contribution in [3.63, 3.8) is 0 Å². The van der Waals surface area contributed by atoms with Crippen LogP contribution < -0.4 is 5.32 Å². The number of fused-ring (bicyclic) bond motifs is 2. The van der Waals surface area contributed by atoms with Gasteiger partial charge >= 0.3 is 0 Å². The van der Waals surface area contributed by atoms with Gasteiger partial charge in [-0.2, -0.15) is 0 Å². The third kappa shape index (κ3) is 2.70. The quantitative estimate of drug-likeness (QED) is 0.416. The second kappa shape index (κ2) is 6.28. The molecule has 3 heterocycles. The van der Waals surface area contributed by atoms with Crippen LogP contribution in [0.25, 0.3) is 31.0 Å². The number of benzene rings is 2. The first kappa shape index (κ1) is 15.6. The number of nitrogens with zero attached hydrogens (tertiary/aromatic N) is 2. The summed E-state index contributed by atoms with van der Waals surface area (Å²) in [6, 6.07) is 15.6. The van der Waals surface area contributed by atoms with Gasteiger partial charge in [-0.15, -0.1) is 34.0 Å². The summed E-state index contributed by atoms with van der Waals surface area (Å²) in [5, 5.41) is 6.75. The van der Waals surface area contributed by atoms with Crippen molar-refractivity contribution < 1.29 is 4.79 Å².